The topological polar surface area (TPSA) is 56.8 Å². The summed E-state index contributed by atoms with van der Waals surface area (Å²) in [5.74, 6) is 2.19. The SMILES string of the molecule is C[C@@H]1C[C@H](NC(=O)[C@@H]2C[C@@H]2c2ccc3c(c2)OCCO3)CCO1. The molecule has 3 aliphatic rings. The van der Waals surface area contributed by atoms with Gasteiger partial charge in [0.05, 0.1) is 6.10 Å². The fourth-order valence-corrected chi connectivity index (χ4v) is 3.58. The number of hydrogen-bond acceptors (Lipinski definition) is 4. The zero-order valence-corrected chi connectivity index (χ0v) is 13.4. The number of rotatable bonds is 3. The Hall–Kier alpha value is -1.75. The molecule has 0 spiro atoms. The number of hydrogen-bond donors (Lipinski definition) is 1. The lowest BCUT2D eigenvalue weighted by molar-refractivity contribution is -0.124. The first-order valence-corrected chi connectivity index (χ1v) is 8.52. The van der Waals surface area contributed by atoms with Crippen molar-refractivity contribution < 1.29 is 19.0 Å². The molecule has 0 radical (unpaired) electrons. The minimum Gasteiger partial charge on any atom is -0.486 e. The highest BCUT2D eigenvalue weighted by Crippen LogP contribution is 2.49. The van der Waals surface area contributed by atoms with Gasteiger partial charge >= 0.3 is 0 Å². The lowest BCUT2D eigenvalue weighted by Crippen LogP contribution is -2.42. The Morgan fingerprint density at radius 3 is 2.78 bits per heavy atom. The van der Waals surface area contributed by atoms with Crippen LogP contribution in [0.15, 0.2) is 18.2 Å². The van der Waals surface area contributed by atoms with Crippen LogP contribution in [-0.4, -0.2) is 37.9 Å². The molecule has 1 saturated heterocycles. The molecule has 4 rings (SSSR count). The first-order chi connectivity index (χ1) is 11.2. The zero-order valence-electron chi connectivity index (χ0n) is 13.4. The standard InChI is InChI=1S/C18H23NO4/c1-11-8-13(4-5-21-11)19-18(20)15-10-14(15)12-2-3-16-17(9-12)23-7-6-22-16/h2-3,9,11,13-15H,4-8,10H2,1H3,(H,19,20)/t11-,13-,14-,15-/m1/s1. The molecule has 1 aromatic rings. The van der Waals surface area contributed by atoms with Crippen molar-refractivity contribution in [1.29, 1.82) is 0 Å². The summed E-state index contributed by atoms with van der Waals surface area (Å²) in [4.78, 5) is 12.4. The molecular formula is C18H23NO4. The number of fused-ring (bicyclic) bond motifs is 1. The average molecular weight is 317 g/mol. The molecule has 0 aromatic heterocycles. The van der Waals surface area contributed by atoms with Gasteiger partial charge in [-0.25, -0.2) is 0 Å². The van der Waals surface area contributed by atoms with Crippen LogP contribution >= 0.6 is 0 Å². The van der Waals surface area contributed by atoms with Crippen LogP contribution in [0.4, 0.5) is 0 Å². The van der Waals surface area contributed by atoms with Crippen LogP contribution in [0.2, 0.25) is 0 Å². The number of nitrogens with one attached hydrogen (secondary N) is 1. The molecule has 5 nitrogen and oxygen atoms in total. The van der Waals surface area contributed by atoms with Crippen molar-refractivity contribution in [2.45, 2.75) is 44.2 Å². The summed E-state index contributed by atoms with van der Waals surface area (Å²) in [6.45, 7) is 3.99. The molecule has 1 N–H and O–H groups in total. The third kappa shape index (κ3) is 3.15. The summed E-state index contributed by atoms with van der Waals surface area (Å²) in [5.41, 5.74) is 1.18. The molecule has 2 fully saturated rings. The van der Waals surface area contributed by atoms with Crippen LogP contribution in [0.1, 0.15) is 37.7 Å². The lowest BCUT2D eigenvalue weighted by Gasteiger charge is -2.28. The molecule has 0 unspecified atom stereocenters. The Labute approximate surface area is 136 Å². The largest absolute Gasteiger partial charge is 0.486 e. The van der Waals surface area contributed by atoms with Gasteiger partial charge in [0.2, 0.25) is 5.91 Å². The van der Waals surface area contributed by atoms with E-state index in [4.69, 9.17) is 14.2 Å². The van der Waals surface area contributed by atoms with Crippen LogP contribution in [0, 0.1) is 5.92 Å². The van der Waals surface area contributed by atoms with Gasteiger partial charge in [-0.1, -0.05) is 6.07 Å². The highest BCUT2D eigenvalue weighted by Gasteiger charge is 2.44. The Morgan fingerprint density at radius 1 is 1.13 bits per heavy atom. The molecule has 124 valence electrons. The predicted octanol–water partition coefficient (Wildman–Crippen LogP) is 2.25. The van der Waals surface area contributed by atoms with Crippen molar-refractivity contribution >= 4 is 5.91 Å². The summed E-state index contributed by atoms with van der Waals surface area (Å²) in [6, 6.07) is 6.30. The molecule has 1 aliphatic carbocycles. The second kappa shape index (κ2) is 6.04. The number of carbonyl (C=O) groups excluding carboxylic acids is 1. The van der Waals surface area contributed by atoms with Crippen molar-refractivity contribution in [2.24, 2.45) is 5.92 Å². The van der Waals surface area contributed by atoms with E-state index in [0.29, 0.717) is 19.1 Å². The van der Waals surface area contributed by atoms with E-state index in [0.717, 1.165) is 37.4 Å². The van der Waals surface area contributed by atoms with Crippen molar-refractivity contribution in [2.75, 3.05) is 19.8 Å². The van der Waals surface area contributed by atoms with Gasteiger partial charge in [-0.15, -0.1) is 0 Å². The number of benzene rings is 1. The van der Waals surface area contributed by atoms with Crippen LogP contribution in [0.25, 0.3) is 0 Å². The fraction of sp³-hybridized carbons (Fsp3) is 0.611. The normalized spacial score (nSPS) is 32.2. The molecule has 2 aliphatic heterocycles. The van der Waals surface area contributed by atoms with Gasteiger partial charge in [0.1, 0.15) is 13.2 Å². The summed E-state index contributed by atoms with van der Waals surface area (Å²) in [6.07, 6.45) is 2.98. The van der Waals surface area contributed by atoms with Crippen molar-refractivity contribution in [3.05, 3.63) is 23.8 Å². The first kappa shape index (κ1) is 14.8. The minimum absolute atomic E-state index is 0.0932. The summed E-state index contributed by atoms with van der Waals surface area (Å²) >= 11 is 0. The van der Waals surface area contributed by atoms with E-state index in [2.05, 4.69) is 18.3 Å². The highest BCUT2D eigenvalue weighted by molar-refractivity contribution is 5.83. The third-order valence-corrected chi connectivity index (χ3v) is 4.95. The van der Waals surface area contributed by atoms with Gasteiger partial charge in [-0.05, 0) is 49.8 Å². The average Bonchev–Trinajstić information content (AvgIpc) is 3.35. The lowest BCUT2D eigenvalue weighted by atomic mass is 10.0. The maximum absolute atomic E-state index is 12.4. The Balaban J connectivity index is 1.37. The summed E-state index contributed by atoms with van der Waals surface area (Å²) in [7, 11) is 0. The van der Waals surface area contributed by atoms with Crippen LogP contribution in [0.5, 0.6) is 11.5 Å². The Bertz CT molecular complexity index is 603. The third-order valence-electron chi connectivity index (χ3n) is 4.95. The van der Waals surface area contributed by atoms with Crippen LogP contribution in [0.3, 0.4) is 0 Å². The molecule has 5 heteroatoms. The molecule has 23 heavy (non-hydrogen) atoms. The first-order valence-electron chi connectivity index (χ1n) is 8.52. The van der Waals surface area contributed by atoms with Gasteiger partial charge in [0, 0.05) is 18.6 Å². The van der Waals surface area contributed by atoms with Gasteiger partial charge in [-0.2, -0.15) is 0 Å². The second-order valence-electron chi connectivity index (χ2n) is 6.76. The second-order valence-corrected chi connectivity index (χ2v) is 6.76. The van der Waals surface area contributed by atoms with Crippen molar-refractivity contribution in [1.82, 2.24) is 5.32 Å². The van der Waals surface area contributed by atoms with E-state index >= 15 is 0 Å². The molecule has 0 bridgehead atoms. The van der Waals surface area contributed by atoms with Gasteiger partial charge < -0.3 is 19.5 Å². The predicted molar refractivity (Wildman–Crippen MR) is 84.9 cm³/mol. The molecule has 2 heterocycles. The zero-order chi connectivity index (χ0) is 15.8. The van der Waals surface area contributed by atoms with E-state index in [1.54, 1.807) is 0 Å². The van der Waals surface area contributed by atoms with Crippen molar-refractivity contribution in [3.8, 4) is 11.5 Å². The molecule has 1 amide bonds. The van der Waals surface area contributed by atoms with E-state index in [-0.39, 0.29) is 24.0 Å². The monoisotopic (exact) mass is 317 g/mol. The van der Waals surface area contributed by atoms with E-state index < -0.39 is 0 Å². The smallest absolute Gasteiger partial charge is 0.223 e. The van der Waals surface area contributed by atoms with E-state index in [9.17, 15) is 4.79 Å². The number of amides is 1. The highest BCUT2D eigenvalue weighted by atomic mass is 16.6. The molecular weight excluding hydrogens is 294 g/mol. The number of carbonyl (C=O) groups is 1. The Morgan fingerprint density at radius 2 is 1.96 bits per heavy atom. The van der Waals surface area contributed by atoms with E-state index in [1.807, 2.05) is 12.1 Å². The molecule has 1 saturated carbocycles. The quantitative estimate of drug-likeness (QED) is 0.929. The van der Waals surface area contributed by atoms with Crippen LogP contribution < -0.4 is 14.8 Å². The summed E-state index contributed by atoms with van der Waals surface area (Å²) in [5, 5.41) is 3.20. The van der Waals surface area contributed by atoms with Gasteiger partial charge in [0.25, 0.3) is 0 Å². The van der Waals surface area contributed by atoms with E-state index in [1.165, 1.54) is 5.56 Å². The fourth-order valence-electron chi connectivity index (χ4n) is 3.58. The van der Waals surface area contributed by atoms with Crippen molar-refractivity contribution in [3.63, 3.8) is 0 Å². The molecule has 4 atom stereocenters. The summed E-state index contributed by atoms with van der Waals surface area (Å²) < 4.78 is 16.7. The van der Waals surface area contributed by atoms with Gasteiger partial charge in [0.15, 0.2) is 11.5 Å². The van der Waals surface area contributed by atoms with Gasteiger partial charge in [-0.3, -0.25) is 4.79 Å². The molecule has 1 aromatic carbocycles. The maximum Gasteiger partial charge on any atom is 0.223 e. The van der Waals surface area contributed by atoms with Crippen LogP contribution in [-0.2, 0) is 9.53 Å². The number of ether oxygens (including phenoxy) is 3. The minimum atomic E-state index is 0.0932. The maximum atomic E-state index is 12.4. The Kier molecular flexibility index (Phi) is 3.89.